The number of rotatable bonds is 9. The van der Waals surface area contributed by atoms with Gasteiger partial charge in [-0.25, -0.2) is 0 Å². The lowest BCUT2D eigenvalue weighted by molar-refractivity contribution is -0.772. The van der Waals surface area contributed by atoms with Gasteiger partial charge in [-0.2, -0.15) is 0 Å². The van der Waals surface area contributed by atoms with Gasteiger partial charge < -0.3 is 14.8 Å². The van der Waals surface area contributed by atoms with Gasteiger partial charge in [-0.1, -0.05) is 13.3 Å². The van der Waals surface area contributed by atoms with Gasteiger partial charge in [0.05, 0.1) is 6.61 Å². The molecule has 0 heterocycles. The zero-order valence-corrected chi connectivity index (χ0v) is 8.83. The Bertz CT molecular complexity index is 227. The molecule has 0 aromatic carbocycles. The Kier molecular flexibility index (Phi) is 6.08. The van der Waals surface area contributed by atoms with Crippen molar-refractivity contribution in [1.29, 1.82) is 0 Å². The lowest BCUT2D eigenvalue weighted by Gasteiger charge is -2.28. The van der Waals surface area contributed by atoms with Crippen molar-refractivity contribution in [1.82, 2.24) is 0 Å². The molecule has 0 aromatic heterocycles. The Morgan fingerprint density at radius 1 is 1.19 bits per heavy atom. The van der Waals surface area contributed by atoms with Gasteiger partial charge in [-0.15, -0.1) is 20.2 Å². The lowest BCUT2D eigenvalue weighted by atomic mass is 9.86. The normalized spacial score (nSPS) is 10.9. The molecule has 0 unspecified atom stereocenters. The Labute approximate surface area is 91.2 Å². The van der Waals surface area contributed by atoms with Crippen LogP contribution in [0.4, 0.5) is 0 Å². The van der Waals surface area contributed by atoms with Gasteiger partial charge in [-0.05, 0) is 6.42 Å². The maximum absolute atomic E-state index is 10.0. The summed E-state index contributed by atoms with van der Waals surface area (Å²) in [4.78, 5) is 28.3. The fraction of sp³-hybridized carbons (Fsp3) is 1.00. The van der Waals surface area contributed by atoms with Crippen LogP contribution in [0.3, 0.4) is 0 Å². The largest absolute Gasteiger partial charge is 0.396 e. The smallest absolute Gasteiger partial charge is 0.294 e. The van der Waals surface area contributed by atoms with Crippen molar-refractivity contribution in [3.05, 3.63) is 20.2 Å². The summed E-state index contributed by atoms with van der Waals surface area (Å²) in [7, 11) is 0. The van der Waals surface area contributed by atoms with Gasteiger partial charge in [0.1, 0.15) is 13.2 Å². The molecular formula is C7H14N2O7. The second-order valence-corrected chi connectivity index (χ2v) is 3.40. The number of hydrogen-bond acceptors (Lipinski definition) is 7. The Morgan fingerprint density at radius 3 is 1.88 bits per heavy atom. The summed E-state index contributed by atoms with van der Waals surface area (Å²) in [6, 6.07) is 0. The monoisotopic (exact) mass is 238 g/mol. The van der Waals surface area contributed by atoms with E-state index in [0.717, 1.165) is 0 Å². The van der Waals surface area contributed by atoms with E-state index in [0.29, 0.717) is 12.8 Å². The van der Waals surface area contributed by atoms with Crippen LogP contribution < -0.4 is 0 Å². The highest BCUT2D eigenvalue weighted by Gasteiger charge is 2.32. The van der Waals surface area contributed by atoms with Crippen molar-refractivity contribution >= 4 is 0 Å². The quantitative estimate of drug-likeness (QED) is 0.448. The maximum Gasteiger partial charge on any atom is 0.294 e. The van der Waals surface area contributed by atoms with E-state index in [4.69, 9.17) is 5.11 Å². The predicted molar refractivity (Wildman–Crippen MR) is 50.3 cm³/mol. The summed E-state index contributed by atoms with van der Waals surface area (Å²) >= 11 is 0. The first-order valence-corrected chi connectivity index (χ1v) is 4.61. The van der Waals surface area contributed by atoms with Crippen molar-refractivity contribution in [2.45, 2.75) is 19.8 Å². The molecule has 0 fully saturated rings. The van der Waals surface area contributed by atoms with Gasteiger partial charge in [0, 0.05) is 5.41 Å². The Hall–Kier alpha value is -1.64. The molecule has 0 saturated heterocycles. The molecule has 0 amide bonds. The number of nitrogens with zero attached hydrogens (tertiary/aromatic N) is 2. The summed E-state index contributed by atoms with van der Waals surface area (Å²) in [5.74, 6) is 0. The average molecular weight is 238 g/mol. The van der Waals surface area contributed by atoms with Gasteiger partial charge in [-0.3, -0.25) is 0 Å². The van der Waals surface area contributed by atoms with Crippen molar-refractivity contribution in [2.75, 3.05) is 19.8 Å². The number of aliphatic hydroxyl groups is 1. The molecule has 16 heavy (non-hydrogen) atoms. The van der Waals surface area contributed by atoms with Crippen molar-refractivity contribution in [2.24, 2.45) is 5.41 Å². The predicted octanol–water partition coefficient (Wildman–Crippen LogP) is 0.182. The van der Waals surface area contributed by atoms with Crippen molar-refractivity contribution in [3.63, 3.8) is 0 Å². The van der Waals surface area contributed by atoms with Crippen LogP contribution in [-0.2, 0) is 9.68 Å². The highest BCUT2D eigenvalue weighted by Crippen LogP contribution is 2.24. The first-order chi connectivity index (χ1) is 7.45. The molecule has 0 aliphatic rings. The van der Waals surface area contributed by atoms with Crippen LogP contribution in [0.1, 0.15) is 19.8 Å². The van der Waals surface area contributed by atoms with E-state index in [1.807, 2.05) is 0 Å². The molecule has 0 rings (SSSR count). The highest BCUT2D eigenvalue weighted by atomic mass is 17.0. The first-order valence-electron chi connectivity index (χ1n) is 4.61. The van der Waals surface area contributed by atoms with E-state index < -0.39 is 35.4 Å². The Balaban J connectivity index is 4.42. The van der Waals surface area contributed by atoms with Gasteiger partial charge in [0.25, 0.3) is 10.2 Å². The van der Waals surface area contributed by atoms with Crippen LogP contribution in [-0.4, -0.2) is 35.1 Å². The summed E-state index contributed by atoms with van der Waals surface area (Å²) in [6.07, 6.45) is 0.911. The van der Waals surface area contributed by atoms with E-state index in [9.17, 15) is 20.2 Å². The van der Waals surface area contributed by atoms with E-state index >= 15 is 0 Å². The van der Waals surface area contributed by atoms with Crippen LogP contribution >= 0.6 is 0 Å². The fourth-order valence-corrected chi connectivity index (χ4v) is 1.27. The van der Waals surface area contributed by atoms with Crippen LogP contribution in [0.2, 0.25) is 0 Å². The third-order valence-electron chi connectivity index (χ3n) is 2.07. The number of hydrogen-bond donors (Lipinski definition) is 1. The molecule has 0 bridgehead atoms. The molecule has 9 heteroatoms. The maximum atomic E-state index is 10.0. The minimum absolute atomic E-state index is 0.325. The Morgan fingerprint density at radius 2 is 1.62 bits per heavy atom. The first kappa shape index (κ1) is 14.4. The van der Waals surface area contributed by atoms with E-state index in [2.05, 4.69) is 9.68 Å². The van der Waals surface area contributed by atoms with Crippen LogP contribution in [0.5, 0.6) is 0 Å². The summed E-state index contributed by atoms with van der Waals surface area (Å²) in [5.41, 5.74) is -1.12. The van der Waals surface area contributed by atoms with E-state index in [-0.39, 0.29) is 0 Å². The summed E-state index contributed by atoms with van der Waals surface area (Å²) in [5, 5.41) is 27.2. The molecule has 0 spiro atoms. The van der Waals surface area contributed by atoms with Gasteiger partial charge >= 0.3 is 0 Å². The van der Waals surface area contributed by atoms with Crippen LogP contribution in [0.15, 0.2) is 0 Å². The zero-order chi connectivity index (χ0) is 12.6. The van der Waals surface area contributed by atoms with Gasteiger partial charge in [0.15, 0.2) is 0 Å². The third kappa shape index (κ3) is 5.29. The molecule has 0 radical (unpaired) electrons. The molecule has 0 aliphatic heterocycles. The fourth-order valence-electron chi connectivity index (χ4n) is 1.27. The molecule has 0 aliphatic carbocycles. The molecule has 0 atom stereocenters. The molecule has 0 saturated carbocycles. The SMILES string of the molecule is CCCC(CO)(CO[N+](=O)[O-])CO[N+](=O)[O-]. The minimum atomic E-state index is -1.12. The molecule has 0 aromatic rings. The van der Waals surface area contributed by atoms with Crippen molar-refractivity contribution < 1.29 is 25.0 Å². The van der Waals surface area contributed by atoms with E-state index in [1.54, 1.807) is 6.92 Å². The molecular weight excluding hydrogens is 224 g/mol. The minimum Gasteiger partial charge on any atom is -0.396 e. The lowest BCUT2D eigenvalue weighted by Crippen LogP contribution is -2.37. The second-order valence-electron chi connectivity index (χ2n) is 3.40. The topological polar surface area (TPSA) is 125 Å². The summed E-state index contributed by atoms with van der Waals surface area (Å²) in [6.45, 7) is 0.432. The standard InChI is InChI=1S/C7H14N2O7/c1-2-3-7(4-10,5-15-8(11)12)6-16-9(13)14/h10H,2-6H2,1H3. The summed E-state index contributed by atoms with van der Waals surface area (Å²) < 4.78 is 0. The number of aliphatic hydroxyl groups excluding tert-OH is 1. The average Bonchev–Trinajstić information content (AvgIpc) is 2.22. The van der Waals surface area contributed by atoms with E-state index in [1.165, 1.54) is 0 Å². The molecule has 9 nitrogen and oxygen atoms in total. The zero-order valence-electron chi connectivity index (χ0n) is 8.83. The second kappa shape index (κ2) is 6.77. The van der Waals surface area contributed by atoms with Crippen LogP contribution in [0, 0.1) is 25.6 Å². The van der Waals surface area contributed by atoms with Crippen LogP contribution in [0.25, 0.3) is 0 Å². The van der Waals surface area contributed by atoms with Crippen molar-refractivity contribution in [3.8, 4) is 0 Å². The van der Waals surface area contributed by atoms with Gasteiger partial charge in [0.2, 0.25) is 0 Å². The third-order valence-corrected chi connectivity index (χ3v) is 2.07. The highest BCUT2D eigenvalue weighted by molar-refractivity contribution is 4.76. The molecule has 1 N–H and O–H groups in total. The molecule has 94 valence electrons.